The second-order valence-electron chi connectivity index (χ2n) is 8.13. The quantitative estimate of drug-likeness (QED) is 0.424. The number of nitrogens with zero attached hydrogens (tertiary/aromatic N) is 5. The molecule has 8 nitrogen and oxygen atoms in total. The summed E-state index contributed by atoms with van der Waals surface area (Å²) in [5.74, 6) is 0.0413. The van der Waals surface area contributed by atoms with E-state index in [0.29, 0.717) is 21.6 Å². The number of alkyl halides is 3. The molecule has 0 bridgehead atoms. The summed E-state index contributed by atoms with van der Waals surface area (Å²) in [7, 11) is 0. The number of fused-ring (bicyclic) bond motifs is 1. The van der Waals surface area contributed by atoms with Gasteiger partial charge in [0, 0.05) is 17.7 Å². The van der Waals surface area contributed by atoms with Crippen molar-refractivity contribution >= 4 is 17.2 Å². The number of aryl methyl sites for hydroxylation is 1. The minimum Gasteiger partial charge on any atom is -0.471 e. The maximum atomic E-state index is 13.6. The first kappa shape index (κ1) is 21.9. The highest BCUT2D eigenvalue weighted by Gasteiger charge is 2.37. The van der Waals surface area contributed by atoms with Crippen molar-refractivity contribution in [3.63, 3.8) is 0 Å². The molecule has 0 aliphatic heterocycles. The van der Waals surface area contributed by atoms with E-state index >= 15 is 0 Å². The Kier molecular flexibility index (Phi) is 5.46. The van der Waals surface area contributed by atoms with Crippen LogP contribution in [0.5, 0.6) is 5.75 Å². The molecule has 3 aromatic heterocycles. The normalized spacial score (nSPS) is 13.9. The van der Waals surface area contributed by atoms with E-state index < -0.39 is 17.8 Å². The largest absolute Gasteiger partial charge is 0.471 e. The Balaban J connectivity index is 1.29. The van der Waals surface area contributed by atoms with Crippen LogP contribution in [0.15, 0.2) is 48.8 Å². The fourth-order valence-corrected chi connectivity index (χ4v) is 3.55. The van der Waals surface area contributed by atoms with Crippen LogP contribution in [-0.2, 0) is 19.3 Å². The monoisotopic (exact) mass is 470 g/mol. The molecule has 1 saturated carbocycles. The van der Waals surface area contributed by atoms with Crippen LogP contribution in [-0.4, -0.2) is 30.3 Å². The number of hydrogen-bond donors (Lipinski definition) is 1. The number of amides is 1. The maximum absolute atomic E-state index is 13.6. The summed E-state index contributed by atoms with van der Waals surface area (Å²) in [5, 5.41) is 10.6. The van der Waals surface area contributed by atoms with Crippen LogP contribution in [0, 0.1) is 0 Å². The van der Waals surface area contributed by atoms with Gasteiger partial charge >= 0.3 is 6.18 Å². The molecule has 5 rings (SSSR count). The van der Waals surface area contributed by atoms with Gasteiger partial charge < -0.3 is 10.1 Å². The number of carbonyl (C=O) groups excluding carboxylic acids is 1. The lowest BCUT2D eigenvalue weighted by atomic mass is 10.2. The predicted molar refractivity (Wildman–Crippen MR) is 117 cm³/mol. The first-order valence-electron chi connectivity index (χ1n) is 10.8. The van der Waals surface area contributed by atoms with Crippen LogP contribution in [0.2, 0.25) is 0 Å². The van der Waals surface area contributed by atoms with E-state index in [0.717, 1.165) is 25.3 Å². The first-order chi connectivity index (χ1) is 16.3. The molecular weight excluding hydrogens is 449 g/mol. The molecule has 3 heterocycles. The number of benzene rings is 1. The third-order valence-electron chi connectivity index (χ3n) is 5.55. The average Bonchev–Trinajstić information content (AvgIpc) is 3.42. The molecule has 1 amide bonds. The highest BCUT2D eigenvalue weighted by molar-refractivity contribution is 6.03. The van der Waals surface area contributed by atoms with E-state index in [1.807, 2.05) is 24.3 Å². The number of aromatic nitrogens is 5. The van der Waals surface area contributed by atoms with Crippen molar-refractivity contribution in [1.29, 1.82) is 0 Å². The third kappa shape index (κ3) is 4.59. The summed E-state index contributed by atoms with van der Waals surface area (Å²) in [5.41, 5.74) is 0.790. The summed E-state index contributed by atoms with van der Waals surface area (Å²) in [6.45, 7) is 2.19. The van der Waals surface area contributed by atoms with Crippen molar-refractivity contribution in [2.75, 3.05) is 5.32 Å². The maximum Gasteiger partial charge on any atom is 0.433 e. The van der Waals surface area contributed by atoms with Gasteiger partial charge in [-0.15, -0.1) is 0 Å². The first-order valence-corrected chi connectivity index (χ1v) is 10.8. The molecule has 0 saturated heterocycles. The van der Waals surface area contributed by atoms with Crippen molar-refractivity contribution in [2.45, 2.75) is 45.0 Å². The zero-order valence-corrected chi connectivity index (χ0v) is 18.2. The van der Waals surface area contributed by atoms with Crippen LogP contribution in [0.1, 0.15) is 53.1 Å². The van der Waals surface area contributed by atoms with E-state index in [4.69, 9.17) is 4.74 Å². The molecule has 1 fully saturated rings. The molecule has 1 aromatic carbocycles. The second kappa shape index (κ2) is 8.47. The molecule has 0 atom stereocenters. The molecule has 1 aliphatic carbocycles. The number of ether oxygens (including phenoxy) is 1. The lowest BCUT2D eigenvalue weighted by molar-refractivity contribution is -0.142. The molecule has 1 aliphatic rings. The Labute approximate surface area is 192 Å². The number of nitrogens with one attached hydrogen (secondary N) is 1. The Morgan fingerprint density at radius 1 is 1.21 bits per heavy atom. The van der Waals surface area contributed by atoms with Gasteiger partial charge in [0.25, 0.3) is 5.91 Å². The van der Waals surface area contributed by atoms with Gasteiger partial charge in [-0.3, -0.25) is 4.79 Å². The smallest absolute Gasteiger partial charge is 0.433 e. The number of carbonyl (C=O) groups is 1. The molecule has 0 spiro atoms. The summed E-state index contributed by atoms with van der Waals surface area (Å²) >= 11 is 0. The highest BCUT2D eigenvalue weighted by atomic mass is 19.4. The van der Waals surface area contributed by atoms with Crippen LogP contribution in [0.4, 0.5) is 18.9 Å². The van der Waals surface area contributed by atoms with Crippen molar-refractivity contribution in [3.05, 3.63) is 71.4 Å². The van der Waals surface area contributed by atoms with Gasteiger partial charge in [0.2, 0.25) is 0 Å². The Morgan fingerprint density at radius 2 is 1.97 bits per heavy atom. The molecular formula is C23H21F3N6O2. The molecule has 0 unspecified atom stereocenters. The molecule has 1 N–H and O–H groups in total. The van der Waals surface area contributed by atoms with Gasteiger partial charge in [-0.2, -0.15) is 23.4 Å². The van der Waals surface area contributed by atoms with Crippen molar-refractivity contribution < 1.29 is 22.7 Å². The third-order valence-corrected chi connectivity index (χ3v) is 5.55. The Morgan fingerprint density at radius 3 is 2.65 bits per heavy atom. The topological polar surface area (TPSA) is 86.3 Å². The second-order valence-corrected chi connectivity index (χ2v) is 8.13. The van der Waals surface area contributed by atoms with Gasteiger partial charge in [0.1, 0.15) is 11.4 Å². The fraction of sp³-hybridized carbons (Fsp3) is 0.304. The van der Waals surface area contributed by atoms with Crippen molar-refractivity contribution in [2.24, 2.45) is 0 Å². The van der Waals surface area contributed by atoms with Crippen LogP contribution in [0.25, 0.3) is 5.65 Å². The van der Waals surface area contributed by atoms with Gasteiger partial charge in [0.05, 0.1) is 18.1 Å². The van der Waals surface area contributed by atoms with Crippen LogP contribution in [0.3, 0.4) is 0 Å². The van der Waals surface area contributed by atoms with Crippen LogP contribution >= 0.6 is 0 Å². The molecule has 4 aromatic rings. The summed E-state index contributed by atoms with van der Waals surface area (Å²) in [6, 6.07) is 9.96. The minimum atomic E-state index is -4.62. The Bertz CT molecular complexity index is 1340. The Hall–Kier alpha value is -3.89. The number of hydrogen-bond acceptors (Lipinski definition) is 5. The summed E-state index contributed by atoms with van der Waals surface area (Å²) in [4.78, 5) is 16.9. The van der Waals surface area contributed by atoms with Crippen molar-refractivity contribution in [3.8, 4) is 5.75 Å². The van der Waals surface area contributed by atoms with E-state index in [1.165, 1.54) is 22.5 Å². The van der Waals surface area contributed by atoms with Crippen LogP contribution < -0.4 is 10.1 Å². The predicted octanol–water partition coefficient (Wildman–Crippen LogP) is 4.67. The fourth-order valence-electron chi connectivity index (χ4n) is 3.55. The zero-order chi connectivity index (χ0) is 23.9. The summed E-state index contributed by atoms with van der Waals surface area (Å²) < 4.78 is 48.5. The minimum absolute atomic E-state index is 0.0138. The highest BCUT2D eigenvalue weighted by Crippen LogP contribution is 2.41. The van der Waals surface area contributed by atoms with E-state index in [9.17, 15) is 18.0 Å². The number of anilines is 1. The zero-order valence-electron chi connectivity index (χ0n) is 18.2. The SMILES string of the molecule is CCc1ccc(OCn2cc(NC(=O)c3cc4nc(C5CC5)cc(C(F)(F)F)n4n3)cn2)cc1. The van der Waals surface area contributed by atoms with E-state index in [1.54, 1.807) is 6.20 Å². The molecule has 34 heavy (non-hydrogen) atoms. The standard InChI is InChI=1S/C23H21F3N6O2/c1-2-14-3-7-17(8-4-14)34-13-31-12-16(11-27-31)28-22(33)19-10-21-29-18(15-5-6-15)9-20(23(24,25)26)32(21)30-19/h3-4,7-12,15H,2,5-6,13H2,1H3,(H,28,33). The lowest BCUT2D eigenvalue weighted by Gasteiger charge is -2.10. The lowest BCUT2D eigenvalue weighted by Crippen LogP contribution is -2.16. The van der Waals surface area contributed by atoms with E-state index in [-0.39, 0.29) is 24.0 Å². The number of rotatable bonds is 7. The van der Waals surface area contributed by atoms with Gasteiger partial charge in [0.15, 0.2) is 18.1 Å². The van der Waals surface area contributed by atoms with Gasteiger partial charge in [-0.05, 0) is 43.0 Å². The van der Waals surface area contributed by atoms with Crippen molar-refractivity contribution in [1.82, 2.24) is 24.4 Å². The summed E-state index contributed by atoms with van der Waals surface area (Å²) in [6.07, 6.45) is 0.895. The van der Waals surface area contributed by atoms with Gasteiger partial charge in [-0.25, -0.2) is 14.2 Å². The molecule has 176 valence electrons. The van der Waals surface area contributed by atoms with E-state index in [2.05, 4.69) is 27.4 Å². The molecule has 0 radical (unpaired) electrons. The number of halogens is 3. The molecule has 11 heteroatoms. The average molecular weight is 470 g/mol. The van der Waals surface area contributed by atoms with Gasteiger partial charge in [-0.1, -0.05) is 19.1 Å².